The number of likely N-dealkylation sites (tertiary alicyclic amines) is 1. The highest BCUT2D eigenvalue weighted by Crippen LogP contribution is 2.23. The zero-order valence-electron chi connectivity index (χ0n) is 21.3. The smallest absolute Gasteiger partial charge is 0.340 e. The summed E-state index contributed by atoms with van der Waals surface area (Å²) in [7, 11) is 1.32. The van der Waals surface area contributed by atoms with E-state index in [0.29, 0.717) is 29.9 Å². The maximum Gasteiger partial charge on any atom is 0.340 e. The number of hydrogen-bond acceptors (Lipinski definition) is 7. The molecule has 0 spiro atoms. The van der Waals surface area contributed by atoms with E-state index in [4.69, 9.17) is 4.74 Å². The van der Waals surface area contributed by atoms with Gasteiger partial charge in [0.2, 0.25) is 11.8 Å². The monoisotopic (exact) mass is 504 g/mol. The zero-order chi connectivity index (χ0) is 26.4. The second-order valence-corrected chi connectivity index (χ2v) is 9.52. The topological polar surface area (TPSA) is 119 Å². The van der Waals surface area contributed by atoms with Gasteiger partial charge < -0.3 is 15.0 Å². The Morgan fingerprint density at radius 2 is 1.95 bits per heavy atom. The molecule has 1 aromatic carbocycles. The van der Waals surface area contributed by atoms with Gasteiger partial charge >= 0.3 is 5.97 Å². The summed E-state index contributed by atoms with van der Waals surface area (Å²) in [6.45, 7) is 4.51. The highest BCUT2D eigenvalue weighted by molar-refractivity contribution is 5.93. The molecule has 10 heteroatoms. The molecule has 1 aliphatic rings. The molecule has 1 saturated heterocycles. The number of ether oxygens (including phenoxy) is 1. The van der Waals surface area contributed by atoms with Crippen molar-refractivity contribution in [3.8, 4) is 5.69 Å². The number of carbonyl (C=O) groups is 3. The highest BCUT2D eigenvalue weighted by Gasteiger charge is 2.35. The molecule has 1 N–H and O–H groups in total. The van der Waals surface area contributed by atoms with Gasteiger partial charge in [-0.15, -0.1) is 5.10 Å². The summed E-state index contributed by atoms with van der Waals surface area (Å²) in [5.41, 5.74) is 2.39. The van der Waals surface area contributed by atoms with Crippen molar-refractivity contribution in [2.75, 3.05) is 13.7 Å². The molecular weight excluding hydrogens is 472 g/mol. The fourth-order valence-corrected chi connectivity index (χ4v) is 4.64. The van der Waals surface area contributed by atoms with Crippen LogP contribution in [0.2, 0.25) is 0 Å². The van der Waals surface area contributed by atoms with Crippen LogP contribution < -0.4 is 5.32 Å². The van der Waals surface area contributed by atoms with Gasteiger partial charge in [0.15, 0.2) is 0 Å². The average molecular weight is 505 g/mol. The number of benzene rings is 1. The fraction of sp³-hybridized carbons (Fsp3) is 0.407. The molecule has 3 heterocycles. The number of methoxy groups -OCH3 is 1. The summed E-state index contributed by atoms with van der Waals surface area (Å²) in [6.07, 6.45) is 7.24. The van der Waals surface area contributed by atoms with Crippen molar-refractivity contribution >= 4 is 17.8 Å². The Labute approximate surface area is 216 Å². The summed E-state index contributed by atoms with van der Waals surface area (Å²) < 4.78 is 6.35. The van der Waals surface area contributed by atoms with E-state index in [1.807, 2.05) is 49.1 Å². The molecule has 2 atom stereocenters. The number of pyridine rings is 1. The van der Waals surface area contributed by atoms with E-state index in [2.05, 4.69) is 20.6 Å². The summed E-state index contributed by atoms with van der Waals surface area (Å²) in [4.78, 5) is 44.3. The van der Waals surface area contributed by atoms with Crippen molar-refractivity contribution < 1.29 is 19.1 Å². The molecule has 4 rings (SSSR count). The van der Waals surface area contributed by atoms with Crippen LogP contribution in [-0.4, -0.2) is 68.4 Å². The number of aromatic nitrogens is 4. The van der Waals surface area contributed by atoms with Crippen molar-refractivity contribution in [3.63, 3.8) is 0 Å². The van der Waals surface area contributed by atoms with Crippen LogP contribution in [0.3, 0.4) is 0 Å². The molecule has 37 heavy (non-hydrogen) atoms. The number of nitrogens with one attached hydrogen (secondary N) is 1. The maximum atomic E-state index is 13.6. The predicted octanol–water partition coefficient (Wildman–Crippen LogP) is 2.37. The fourth-order valence-electron chi connectivity index (χ4n) is 4.64. The van der Waals surface area contributed by atoms with Gasteiger partial charge in [-0.3, -0.25) is 14.6 Å². The summed E-state index contributed by atoms with van der Waals surface area (Å²) in [5, 5.41) is 11.4. The Hall–Kier alpha value is -4.08. The van der Waals surface area contributed by atoms with E-state index in [9.17, 15) is 14.4 Å². The van der Waals surface area contributed by atoms with Gasteiger partial charge in [0, 0.05) is 25.2 Å². The molecule has 1 fully saturated rings. The van der Waals surface area contributed by atoms with E-state index in [-0.39, 0.29) is 30.2 Å². The minimum atomic E-state index is -0.606. The largest absolute Gasteiger partial charge is 0.465 e. The highest BCUT2D eigenvalue weighted by atomic mass is 16.5. The molecule has 2 amide bonds. The Bertz CT molecular complexity index is 1240. The van der Waals surface area contributed by atoms with Gasteiger partial charge in [-0.2, -0.15) is 0 Å². The molecule has 3 aromatic rings. The van der Waals surface area contributed by atoms with Gasteiger partial charge in [-0.1, -0.05) is 49.4 Å². The Morgan fingerprint density at radius 1 is 1.16 bits per heavy atom. The van der Waals surface area contributed by atoms with E-state index in [1.54, 1.807) is 12.3 Å². The van der Waals surface area contributed by atoms with Gasteiger partial charge in [-0.05, 0) is 30.4 Å². The van der Waals surface area contributed by atoms with Crippen LogP contribution in [0, 0.1) is 5.92 Å². The number of esters is 1. The molecule has 194 valence electrons. The molecule has 0 aliphatic carbocycles. The first-order chi connectivity index (χ1) is 17.9. The first-order valence-corrected chi connectivity index (χ1v) is 12.4. The van der Waals surface area contributed by atoms with Crippen molar-refractivity contribution in [1.29, 1.82) is 0 Å². The second kappa shape index (κ2) is 11.8. The van der Waals surface area contributed by atoms with Crippen molar-refractivity contribution in [2.45, 2.75) is 51.6 Å². The Morgan fingerprint density at radius 3 is 2.68 bits per heavy atom. The average Bonchev–Trinajstić information content (AvgIpc) is 3.57. The van der Waals surface area contributed by atoms with Crippen LogP contribution >= 0.6 is 0 Å². The van der Waals surface area contributed by atoms with Crippen LogP contribution in [-0.2, 0) is 27.2 Å². The predicted molar refractivity (Wildman–Crippen MR) is 136 cm³/mol. The molecule has 2 aromatic heterocycles. The van der Waals surface area contributed by atoms with Crippen LogP contribution in [0.4, 0.5) is 0 Å². The van der Waals surface area contributed by atoms with Gasteiger partial charge in [0.1, 0.15) is 6.04 Å². The molecule has 0 saturated carbocycles. The van der Waals surface area contributed by atoms with Gasteiger partial charge in [0.05, 0.1) is 42.9 Å². The first kappa shape index (κ1) is 26.0. The van der Waals surface area contributed by atoms with Crippen molar-refractivity contribution in [1.82, 2.24) is 30.2 Å². The lowest BCUT2D eigenvalue weighted by molar-refractivity contribution is -0.138. The molecule has 2 unspecified atom stereocenters. The van der Waals surface area contributed by atoms with Gasteiger partial charge in [0.25, 0.3) is 0 Å². The minimum Gasteiger partial charge on any atom is -0.465 e. The SMILES string of the molecule is COC(=O)c1ccncc1-n1cc(CC2CCCN2C(=O)C(NC(=O)Cc2ccccc2)C(C)C)nn1. The lowest BCUT2D eigenvalue weighted by Gasteiger charge is -2.31. The van der Waals surface area contributed by atoms with E-state index in [1.165, 1.54) is 24.2 Å². The third-order valence-corrected chi connectivity index (χ3v) is 6.55. The second-order valence-electron chi connectivity index (χ2n) is 9.52. The van der Waals surface area contributed by atoms with E-state index in [0.717, 1.165) is 18.4 Å². The number of rotatable bonds is 9. The van der Waals surface area contributed by atoms with Crippen LogP contribution in [0.25, 0.3) is 5.69 Å². The van der Waals surface area contributed by atoms with E-state index < -0.39 is 12.0 Å². The zero-order valence-corrected chi connectivity index (χ0v) is 21.3. The molecule has 0 bridgehead atoms. The van der Waals surface area contributed by atoms with Gasteiger partial charge in [-0.25, -0.2) is 9.48 Å². The van der Waals surface area contributed by atoms with E-state index >= 15 is 0 Å². The standard InChI is InChI=1S/C27H32N6O4/c1-18(2)25(29-24(34)14-19-8-5-4-6-9-19)26(35)32-13-7-10-21(32)15-20-17-33(31-30-20)23-16-28-12-11-22(23)27(36)37-3/h4-6,8-9,11-12,16-18,21,25H,7,10,13-15H2,1-3H3,(H,29,34). The quantitative estimate of drug-likeness (QED) is 0.444. The van der Waals surface area contributed by atoms with Crippen LogP contribution in [0.5, 0.6) is 0 Å². The summed E-state index contributed by atoms with van der Waals surface area (Å²) in [6, 6.07) is 10.4. The molecule has 0 radical (unpaired) electrons. The molecule has 10 nitrogen and oxygen atoms in total. The summed E-state index contributed by atoms with van der Waals surface area (Å²) in [5.74, 6) is -0.797. The number of amides is 2. The lowest BCUT2D eigenvalue weighted by Crippen LogP contribution is -2.53. The molecular formula is C27H32N6O4. The summed E-state index contributed by atoms with van der Waals surface area (Å²) >= 11 is 0. The Kier molecular flexibility index (Phi) is 8.27. The third kappa shape index (κ3) is 6.19. The lowest BCUT2D eigenvalue weighted by atomic mass is 10.0. The minimum absolute atomic E-state index is 0.0566. The first-order valence-electron chi connectivity index (χ1n) is 12.4. The van der Waals surface area contributed by atoms with Crippen LogP contribution in [0.1, 0.15) is 48.3 Å². The Balaban J connectivity index is 1.44. The number of carbonyl (C=O) groups excluding carboxylic acids is 3. The van der Waals surface area contributed by atoms with Crippen LogP contribution in [0.15, 0.2) is 55.0 Å². The number of hydrogen-bond donors (Lipinski definition) is 1. The molecule has 1 aliphatic heterocycles. The normalized spacial score (nSPS) is 16.0. The van der Waals surface area contributed by atoms with Crippen molar-refractivity contribution in [3.05, 3.63) is 71.8 Å². The maximum absolute atomic E-state index is 13.6. The number of nitrogens with zero attached hydrogens (tertiary/aromatic N) is 5. The van der Waals surface area contributed by atoms with Crippen molar-refractivity contribution in [2.24, 2.45) is 5.92 Å². The third-order valence-electron chi connectivity index (χ3n) is 6.55.